The molecule has 1 aromatic carbocycles. The van der Waals surface area contributed by atoms with E-state index in [9.17, 15) is 9.59 Å². The van der Waals surface area contributed by atoms with Crippen LogP contribution in [0.5, 0.6) is 0 Å². The topological polar surface area (TPSA) is 59.1 Å². The van der Waals surface area contributed by atoms with Crippen LogP contribution in [-0.4, -0.2) is 53.3 Å². The van der Waals surface area contributed by atoms with Crippen molar-refractivity contribution in [3.8, 4) is 0 Å². The SMILES string of the molecule is CC(C)(C)OC(=O)N1CCC[C@H]2CN(C(=O)OCc3ccccc3)C[C@H]21. The number of likely N-dealkylation sites (tertiary alicyclic amines) is 2. The molecule has 2 aliphatic heterocycles. The number of benzene rings is 1. The van der Waals surface area contributed by atoms with E-state index in [2.05, 4.69) is 0 Å². The zero-order chi connectivity index (χ0) is 18.7. The summed E-state index contributed by atoms with van der Waals surface area (Å²) >= 11 is 0. The van der Waals surface area contributed by atoms with Gasteiger partial charge in [0.05, 0.1) is 6.04 Å². The Balaban J connectivity index is 1.58. The summed E-state index contributed by atoms with van der Waals surface area (Å²) in [5, 5.41) is 0. The van der Waals surface area contributed by atoms with Gasteiger partial charge in [-0.1, -0.05) is 30.3 Å². The lowest BCUT2D eigenvalue weighted by Gasteiger charge is -2.37. The summed E-state index contributed by atoms with van der Waals surface area (Å²) in [7, 11) is 0. The van der Waals surface area contributed by atoms with Gasteiger partial charge >= 0.3 is 12.2 Å². The molecule has 1 aromatic rings. The van der Waals surface area contributed by atoms with Crippen LogP contribution in [0.25, 0.3) is 0 Å². The highest BCUT2D eigenvalue weighted by molar-refractivity contribution is 5.70. The molecule has 2 heterocycles. The molecule has 142 valence electrons. The van der Waals surface area contributed by atoms with Gasteiger partial charge in [-0.25, -0.2) is 9.59 Å². The maximum absolute atomic E-state index is 12.5. The Kier molecular flexibility index (Phi) is 5.39. The monoisotopic (exact) mass is 360 g/mol. The third-order valence-electron chi connectivity index (χ3n) is 4.87. The van der Waals surface area contributed by atoms with E-state index in [0.29, 0.717) is 25.6 Å². The molecule has 2 saturated heterocycles. The number of hydrogen-bond donors (Lipinski definition) is 0. The lowest BCUT2D eigenvalue weighted by molar-refractivity contribution is 0.00608. The number of ether oxygens (including phenoxy) is 2. The molecule has 6 heteroatoms. The van der Waals surface area contributed by atoms with E-state index in [1.807, 2.05) is 51.1 Å². The predicted octanol–water partition coefficient (Wildman–Crippen LogP) is 3.65. The summed E-state index contributed by atoms with van der Waals surface area (Å²) < 4.78 is 11.0. The molecule has 26 heavy (non-hydrogen) atoms. The Morgan fingerprint density at radius 1 is 1.12 bits per heavy atom. The number of fused-ring (bicyclic) bond motifs is 1. The minimum absolute atomic E-state index is 0.0166. The van der Waals surface area contributed by atoms with Gasteiger partial charge in [-0.2, -0.15) is 0 Å². The van der Waals surface area contributed by atoms with Crippen LogP contribution in [0.2, 0.25) is 0 Å². The second-order valence-electron chi connectivity index (χ2n) is 8.09. The molecule has 0 aliphatic carbocycles. The number of amides is 2. The number of carbonyl (C=O) groups is 2. The van der Waals surface area contributed by atoms with E-state index < -0.39 is 5.60 Å². The average molecular weight is 360 g/mol. The molecule has 0 saturated carbocycles. The molecule has 2 amide bonds. The predicted molar refractivity (Wildman–Crippen MR) is 97.7 cm³/mol. The highest BCUT2D eigenvalue weighted by Gasteiger charge is 2.44. The summed E-state index contributed by atoms with van der Waals surface area (Å²) in [6.07, 6.45) is 1.36. The Morgan fingerprint density at radius 3 is 2.54 bits per heavy atom. The standard InChI is InChI=1S/C20H28N2O4/c1-20(2,3)26-19(24)22-11-7-10-16-12-21(13-17(16)22)18(23)25-14-15-8-5-4-6-9-15/h4-6,8-9,16-17H,7,10-14H2,1-3H3/t16-,17+/m0/s1. The van der Waals surface area contributed by atoms with Crippen molar-refractivity contribution < 1.29 is 19.1 Å². The molecule has 0 radical (unpaired) electrons. The molecular weight excluding hydrogens is 332 g/mol. The summed E-state index contributed by atoms with van der Waals surface area (Å²) in [5.41, 5.74) is 0.449. The second kappa shape index (κ2) is 7.56. The zero-order valence-electron chi connectivity index (χ0n) is 15.8. The van der Waals surface area contributed by atoms with Gasteiger partial charge in [-0.05, 0) is 45.1 Å². The van der Waals surface area contributed by atoms with Crippen molar-refractivity contribution in [2.75, 3.05) is 19.6 Å². The van der Waals surface area contributed by atoms with Gasteiger partial charge in [-0.3, -0.25) is 0 Å². The van der Waals surface area contributed by atoms with Crippen molar-refractivity contribution in [2.45, 2.75) is 51.9 Å². The molecule has 0 unspecified atom stereocenters. The third kappa shape index (κ3) is 4.48. The number of rotatable bonds is 2. The van der Waals surface area contributed by atoms with Gasteiger partial charge in [0.2, 0.25) is 0 Å². The van der Waals surface area contributed by atoms with E-state index in [0.717, 1.165) is 18.4 Å². The largest absolute Gasteiger partial charge is 0.445 e. The van der Waals surface area contributed by atoms with E-state index >= 15 is 0 Å². The van der Waals surface area contributed by atoms with E-state index in [-0.39, 0.29) is 24.8 Å². The quantitative estimate of drug-likeness (QED) is 0.808. The van der Waals surface area contributed by atoms with Crippen molar-refractivity contribution in [3.63, 3.8) is 0 Å². The first kappa shape index (κ1) is 18.5. The molecule has 0 spiro atoms. The van der Waals surface area contributed by atoms with Crippen LogP contribution in [0, 0.1) is 5.92 Å². The molecule has 0 aromatic heterocycles. The van der Waals surface area contributed by atoms with Crippen molar-refractivity contribution in [3.05, 3.63) is 35.9 Å². The Labute approximate surface area is 155 Å². The highest BCUT2D eigenvalue weighted by Crippen LogP contribution is 2.32. The van der Waals surface area contributed by atoms with Gasteiger partial charge in [0.25, 0.3) is 0 Å². The molecule has 2 aliphatic rings. The van der Waals surface area contributed by atoms with Gasteiger partial charge in [0, 0.05) is 19.6 Å². The fourth-order valence-corrected chi connectivity index (χ4v) is 3.69. The van der Waals surface area contributed by atoms with Crippen LogP contribution in [0.15, 0.2) is 30.3 Å². The molecule has 6 nitrogen and oxygen atoms in total. The van der Waals surface area contributed by atoms with Gasteiger partial charge in [-0.15, -0.1) is 0 Å². The van der Waals surface area contributed by atoms with Crippen LogP contribution in [0.4, 0.5) is 9.59 Å². The van der Waals surface area contributed by atoms with Crippen LogP contribution in [-0.2, 0) is 16.1 Å². The first-order valence-corrected chi connectivity index (χ1v) is 9.29. The Bertz CT molecular complexity index is 641. The summed E-state index contributed by atoms with van der Waals surface area (Å²) in [5.74, 6) is 0.292. The second-order valence-corrected chi connectivity index (χ2v) is 8.09. The minimum atomic E-state index is -0.517. The van der Waals surface area contributed by atoms with Crippen LogP contribution >= 0.6 is 0 Å². The molecule has 2 atom stereocenters. The van der Waals surface area contributed by atoms with E-state index in [1.54, 1.807) is 9.80 Å². The number of hydrogen-bond acceptors (Lipinski definition) is 4. The van der Waals surface area contributed by atoms with Gasteiger partial charge in [0.15, 0.2) is 0 Å². The normalized spacial score (nSPS) is 22.7. The molecule has 0 N–H and O–H groups in total. The summed E-state index contributed by atoms with van der Waals surface area (Å²) in [6, 6.07) is 9.66. The zero-order valence-corrected chi connectivity index (χ0v) is 15.8. The van der Waals surface area contributed by atoms with Crippen molar-refractivity contribution >= 4 is 12.2 Å². The summed E-state index contributed by atoms with van der Waals surface area (Å²) in [6.45, 7) is 7.70. The fourth-order valence-electron chi connectivity index (χ4n) is 3.69. The van der Waals surface area contributed by atoms with Gasteiger partial charge in [0.1, 0.15) is 12.2 Å². The lowest BCUT2D eigenvalue weighted by atomic mass is 9.92. The summed E-state index contributed by atoms with van der Waals surface area (Å²) in [4.78, 5) is 28.5. The average Bonchev–Trinajstić information content (AvgIpc) is 3.03. The molecule has 2 fully saturated rings. The first-order chi connectivity index (χ1) is 12.3. The van der Waals surface area contributed by atoms with Crippen molar-refractivity contribution in [1.82, 2.24) is 9.80 Å². The maximum Gasteiger partial charge on any atom is 0.410 e. The highest BCUT2D eigenvalue weighted by atomic mass is 16.6. The lowest BCUT2D eigenvalue weighted by Crippen LogP contribution is -2.50. The Morgan fingerprint density at radius 2 is 1.85 bits per heavy atom. The number of piperidine rings is 1. The number of nitrogens with zero attached hydrogens (tertiary/aromatic N) is 2. The van der Waals surface area contributed by atoms with E-state index in [4.69, 9.17) is 9.47 Å². The minimum Gasteiger partial charge on any atom is -0.445 e. The molecule has 3 rings (SSSR count). The van der Waals surface area contributed by atoms with Crippen molar-refractivity contribution in [1.29, 1.82) is 0 Å². The first-order valence-electron chi connectivity index (χ1n) is 9.29. The molecule has 0 bridgehead atoms. The van der Waals surface area contributed by atoms with Gasteiger partial charge < -0.3 is 19.3 Å². The van der Waals surface area contributed by atoms with Crippen LogP contribution in [0.1, 0.15) is 39.2 Å². The van der Waals surface area contributed by atoms with Crippen LogP contribution in [0.3, 0.4) is 0 Å². The smallest absolute Gasteiger partial charge is 0.410 e. The third-order valence-corrected chi connectivity index (χ3v) is 4.87. The van der Waals surface area contributed by atoms with Crippen LogP contribution < -0.4 is 0 Å². The van der Waals surface area contributed by atoms with Crippen molar-refractivity contribution in [2.24, 2.45) is 5.92 Å². The van der Waals surface area contributed by atoms with E-state index in [1.165, 1.54) is 0 Å². The molecular formula is C20H28N2O4. The fraction of sp³-hybridized carbons (Fsp3) is 0.600. The number of carbonyl (C=O) groups excluding carboxylic acids is 2. The Hall–Kier alpha value is -2.24. The maximum atomic E-state index is 12.5.